The van der Waals surface area contributed by atoms with Gasteiger partial charge in [0, 0.05) is 67.1 Å². The third-order valence-corrected chi connectivity index (χ3v) is 14.2. The molecule has 3 heterocycles. The molecule has 1 spiro atoms. The summed E-state index contributed by atoms with van der Waals surface area (Å²) >= 11 is 16.6. The maximum absolute atomic E-state index is 7.41. The zero-order valence-electron chi connectivity index (χ0n) is 28.5. The second-order valence-electron chi connectivity index (χ2n) is 14.2. The number of ether oxygens (including phenoxy) is 1. The molecule has 2 aliphatic rings. The van der Waals surface area contributed by atoms with E-state index in [9.17, 15) is 0 Å². The Hall–Kier alpha value is -5.42. The van der Waals surface area contributed by atoms with Crippen LogP contribution in [0.25, 0.3) is 73.7 Å². The van der Waals surface area contributed by atoms with Gasteiger partial charge in [-0.1, -0.05) is 132 Å². The Morgan fingerprint density at radius 3 is 1.89 bits per heavy atom. The van der Waals surface area contributed by atoms with Crippen molar-refractivity contribution in [2.24, 2.45) is 0 Å². The van der Waals surface area contributed by atoms with Crippen LogP contribution in [-0.2, 0) is 5.41 Å². The molecule has 1 aliphatic heterocycles. The van der Waals surface area contributed by atoms with Crippen molar-refractivity contribution in [1.29, 1.82) is 0 Å². The SMILES string of the molecule is Clc1ccc2c(c1)sc1cc3c(c(-c4ccccc4)c12)Oc1cc(-c2ccc4c(c2)sc2ccc(Cl)cc24)ccc1C31c2ccccc2-c2ccccc21. The molecule has 1 aliphatic carbocycles. The standard InChI is InChI=1S/C49H26Cl2OS2/c50-30-17-21-42-36(24-30)34-18-14-29(23-43(34)53-42)28-15-20-39-41(22-28)52-48-40(49(39)37-12-6-4-10-32(37)33-11-5-7-13-38(33)49)26-45-47(46(48)27-8-2-1-3-9-27)35-19-16-31(51)25-44(35)54-45/h1-26H. The molecule has 8 aromatic carbocycles. The lowest BCUT2D eigenvalue weighted by atomic mass is 9.65. The van der Waals surface area contributed by atoms with E-state index in [0.29, 0.717) is 0 Å². The first-order valence-electron chi connectivity index (χ1n) is 17.9. The van der Waals surface area contributed by atoms with Crippen molar-refractivity contribution in [3.8, 4) is 44.9 Å². The molecule has 254 valence electrons. The summed E-state index contributed by atoms with van der Waals surface area (Å²) in [7, 11) is 0. The van der Waals surface area contributed by atoms with E-state index in [1.54, 1.807) is 22.7 Å². The Balaban J connectivity index is 1.19. The van der Waals surface area contributed by atoms with Crippen LogP contribution in [0.3, 0.4) is 0 Å². The van der Waals surface area contributed by atoms with Gasteiger partial charge in [0.2, 0.25) is 0 Å². The average Bonchev–Trinajstić information content (AvgIpc) is 3.85. The first-order chi connectivity index (χ1) is 26.6. The van der Waals surface area contributed by atoms with Crippen LogP contribution in [-0.4, -0.2) is 0 Å². The third-order valence-electron chi connectivity index (χ3n) is 11.5. The monoisotopic (exact) mass is 764 g/mol. The highest BCUT2D eigenvalue weighted by Crippen LogP contribution is 2.65. The zero-order valence-corrected chi connectivity index (χ0v) is 31.6. The van der Waals surface area contributed by atoms with Crippen molar-refractivity contribution >= 4 is 86.2 Å². The third kappa shape index (κ3) is 4.16. The minimum Gasteiger partial charge on any atom is -0.456 e. The van der Waals surface area contributed by atoms with Crippen molar-refractivity contribution in [2.45, 2.75) is 5.41 Å². The second kappa shape index (κ2) is 11.3. The molecule has 1 nitrogen and oxygen atoms in total. The van der Waals surface area contributed by atoms with E-state index < -0.39 is 5.41 Å². The van der Waals surface area contributed by atoms with Crippen LogP contribution < -0.4 is 4.74 Å². The number of hydrogen-bond acceptors (Lipinski definition) is 3. The molecule has 0 fully saturated rings. The molecular formula is C49H26Cl2OS2. The van der Waals surface area contributed by atoms with E-state index in [1.807, 2.05) is 12.1 Å². The van der Waals surface area contributed by atoms with E-state index in [-0.39, 0.29) is 0 Å². The van der Waals surface area contributed by atoms with Crippen LogP contribution in [0.2, 0.25) is 10.0 Å². The predicted octanol–water partition coefficient (Wildman–Crippen LogP) is 15.5. The fourth-order valence-corrected chi connectivity index (χ4v) is 12.0. The number of rotatable bonds is 2. The molecule has 10 aromatic rings. The maximum Gasteiger partial charge on any atom is 0.140 e. The topological polar surface area (TPSA) is 9.23 Å². The summed E-state index contributed by atoms with van der Waals surface area (Å²) in [6.45, 7) is 0. The van der Waals surface area contributed by atoms with Gasteiger partial charge in [-0.05, 0) is 87.5 Å². The van der Waals surface area contributed by atoms with Gasteiger partial charge < -0.3 is 4.74 Å². The molecule has 0 saturated carbocycles. The van der Waals surface area contributed by atoms with Gasteiger partial charge in [-0.25, -0.2) is 0 Å². The van der Waals surface area contributed by atoms with Gasteiger partial charge in [-0.15, -0.1) is 22.7 Å². The number of thiophene rings is 2. The summed E-state index contributed by atoms with van der Waals surface area (Å²) < 4.78 is 12.3. The van der Waals surface area contributed by atoms with Gasteiger partial charge in [-0.3, -0.25) is 0 Å². The fraction of sp³-hybridized carbons (Fsp3) is 0.0204. The average molecular weight is 766 g/mol. The second-order valence-corrected chi connectivity index (χ2v) is 17.3. The molecule has 2 aromatic heterocycles. The highest BCUT2D eigenvalue weighted by atomic mass is 35.5. The van der Waals surface area contributed by atoms with Crippen LogP contribution >= 0.6 is 45.9 Å². The normalized spacial score (nSPS) is 13.7. The minimum absolute atomic E-state index is 0.602. The van der Waals surface area contributed by atoms with E-state index in [4.69, 9.17) is 27.9 Å². The first-order valence-corrected chi connectivity index (χ1v) is 20.3. The number of halogens is 2. The lowest BCUT2D eigenvalue weighted by Gasteiger charge is -2.40. The molecule has 54 heavy (non-hydrogen) atoms. The van der Waals surface area contributed by atoms with Gasteiger partial charge in [0.15, 0.2) is 0 Å². The van der Waals surface area contributed by atoms with Gasteiger partial charge in [-0.2, -0.15) is 0 Å². The molecule has 0 unspecified atom stereocenters. The van der Waals surface area contributed by atoms with Crippen molar-refractivity contribution in [3.05, 3.63) is 190 Å². The Labute approximate surface area is 329 Å². The summed E-state index contributed by atoms with van der Waals surface area (Å²) in [5, 5.41) is 6.30. The molecule has 0 radical (unpaired) electrons. The highest BCUT2D eigenvalue weighted by molar-refractivity contribution is 7.26. The first kappa shape index (κ1) is 31.0. The molecule has 0 bridgehead atoms. The summed E-state index contributed by atoms with van der Waals surface area (Å²) in [5.74, 6) is 1.77. The molecule has 0 N–H and O–H groups in total. The lowest BCUT2D eigenvalue weighted by Crippen LogP contribution is -2.32. The van der Waals surface area contributed by atoms with Crippen LogP contribution in [0, 0.1) is 0 Å². The van der Waals surface area contributed by atoms with Crippen LogP contribution in [0.4, 0.5) is 0 Å². The molecule has 0 atom stereocenters. The molecule has 0 amide bonds. The summed E-state index contributed by atoms with van der Waals surface area (Å²) in [4.78, 5) is 0. The van der Waals surface area contributed by atoms with Gasteiger partial charge in [0.1, 0.15) is 11.5 Å². The van der Waals surface area contributed by atoms with Crippen LogP contribution in [0.15, 0.2) is 158 Å². The quantitative estimate of drug-likeness (QED) is 0.170. The lowest BCUT2D eigenvalue weighted by molar-refractivity contribution is 0.439. The van der Waals surface area contributed by atoms with Crippen molar-refractivity contribution in [1.82, 2.24) is 0 Å². The predicted molar refractivity (Wildman–Crippen MR) is 230 cm³/mol. The summed E-state index contributed by atoms with van der Waals surface area (Å²) in [6.07, 6.45) is 0. The van der Waals surface area contributed by atoms with Crippen molar-refractivity contribution in [2.75, 3.05) is 0 Å². The van der Waals surface area contributed by atoms with Crippen molar-refractivity contribution in [3.63, 3.8) is 0 Å². The number of hydrogen-bond donors (Lipinski definition) is 0. The van der Waals surface area contributed by atoms with Gasteiger partial charge in [0.25, 0.3) is 0 Å². The highest BCUT2D eigenvalue weighted by Gasteiger charge is 2.52. The smallest absolute Gasteiger partial charge is 0.140 e. The maximum atomic E-state index is 7.41. The molecule has 0 saturated heterocycles. The van der Waals surface area contributed by atoms with E-state index >= 15 is 0 Å². The molecule has 5 heteroatoms. The number of benzene rings is 8. The minimum atomic E-state index is -0.602. The largest absolute Gasteiger partial charge is 0.456 e. The number of fused-ring (bicyclic) bond motifs is 15. The fourth-order valence-electron chi connectivity index (χ4n) is 9.25. The summed E-state index contributed by atoms with van der Waals surface area (Å²) in [5.41, 5.74) is 11.3. The van der Waals surface area contributed by atoms with E-state index in [2.05, 4.69) is 146 Å². The Morgan fingerprint density at radius 1 is 0.426 bits per heavy atom. The van der Waals surface area contributed by atoms with Gasteiger partial charge in [0.05, 0.1) is 5.41 Å². The molecule has 12 rings (SSSR count). The van der Waals surface area contributed by atoms with E-state index in [1.165, 1.54) is 57.9 Å². The summed E-state index contributed by atoms with van der Waals surface area (Å²) in [6, 6.07) is 57.1. The van der Waals surface area contributed by atoms with E-state index in [0.717, 1.165) is 59.6 Å². The van der Waals surface area contributed by atoms with Crippen molar-refractivity contribution < 1.29 is 4.74 Å². The zero-order chi connectivity index (χ0) is 35.7. The van der Waals surface area contributed by atoms with Crippen LogP contribution in [0.5, 0.6) is 11.5 Å². The Bertz CT molecular complexity index is 3180. The molecular weight excluding hydrogens is 740 g/mol. The van der Waals surface area contributed by atoms with Crippen LogP contribution in [0.1, 0.15) is 22.3 Å². The van der Waals surface area contributed by atoms with Gasteiger partial charge >= 0.3 is 0 Å². The Kier molecular flexibility index (Phi) is 6.48. The Morgan fingerprint density at radius 2 is 1.07 bits per heavy atom.